The van der Waals surface area contributed by atoms with Gasteiger partial charge in [-0.2, -0.15) is 0 Å². The number of carboxylic acid groups (broad SMARTS) is 1. The van der Waals surface area contributed by atoms with Crippen molar-refractivity contribution in [1.82, 2.24) is 0 Å². The number of rotatable bonds is 1. The van der Waals surface area contributed by atoms with Crippen LogP contribution in [0.4, 0.5) is 0 Å². The van der Waals surface area contributed by atoms with Crippen LogP contribution in [0.15, 0.2) is 0 Å². The van der Waals surface area contributed by atoms with E-state index in [0.29, 0.717) is 32.1 Å². The number of aliphatic carboxylic acids is 1. The zero-order valence-electron chi connectivity index (χ0n) is 8.52. The van der Waals surface area contributed by atoms with E-state index >= 15 is 0 Å². The van der Waals surface area contributed by atoms with Gasteiger partial charge < -0.3 is 15.3 Å². The summed E-state index contributed by atoms with van der Waals surface area (Å²) < 4.78 is 0. The molecule has 4 saturated carbocycles. The number of hydrogen-bond donors (Lipinski definition) is 3. The van der Waals surface area contributed by atoms with E-state index in [1.165, 1.54) is 0 Å². The molecule has 0 spiro atoms. The molecule has 0 unspecified atom stereocenters. The first-order valence-electron chi connectivity index (χ1n) is 5.58. The third kappa shape index (κ3) is 1.24. The van der Waals surface area contributed by atoms with Crippen LogP contribution in [0.2, 0.25) is 0 Å². The normalized spacial score (nSPS) is 57.1. The molecule has 4 fully saturated rings. The Bertz CT molecular complexity index is 289. The van der Waals surface area contributed by atoms with Crippen molar-refractivity contribution in [1.29, 1.82) is 0 Å². The Labute approximate surface area is 87.9 Å². The van der Waals surface area contributed by atoms with Gasteiger partial charge in [0.2, 0.25) is 0 Å². The van der Waals surface area contributed by atoms with Crippen molar-refractivity contribution in [3.63, 3.8) is 0 Å². The van der Waals surface area contributed by atoms with Gasteiger partial charge in [-0.3, -0.25) is 4.79 Å². The molecule has 3 N–H and O–H groups in total. The maximum atomic E-state index is 11.1. The minimum Gasteiger partial charge on any atom is -0.481 e. The Morgan fingerprint density at radius 1 is 1.00 bits per heavy atom. The second-order valence-corrected chi connectivity index (χ2v) is 5.83. The molecule has 4 aliphatic rings. The average molecular weight is 212 g/mol. The third-order valence-corrected chi connectivity index (χ3v) is 4.53. The van der Waals surface area contributed by atoms with Crippen LogP contribution < -0.4 is 0 Å². The summed E-state index contributed by atoms with van der Waals surface area (Å²) in [6.45, 7) is 0. The summed E-state index contributed by atoms with van der Waals surface area (Å²) >= 11 is 0. The predicted molar refractivity (Wildman–Crippen MR) is 51.1 cm³/mol. The molecule has 0 amide bonds. The summed E-state index contributed by atoms with van der Waals surface area (Å²) in [7, 11) is 0. The lowest BCUT2D eigenvalue weighted by molar-refractivity contribution is -0.222. The van der Waals surface area contributed by atoms with Crippen LogP contribution in [0.3, 0.4) is 0 Å². The van der Waals surface area contributed by atoms with Crippen LogP contribution in [-0.2, 0) is 4.79 Å². The molecule has 15 heavy (non-hydrogen) atoms. The van der Waals surface area contributed by atoms with Gasteiger partial charge in [0.1, 0.15) is 0 Å². The molecule has 4 rings (SSSR count). The zero-order chi connectivity index (χ0) is 10.8. The smallest absolute Gasteiger partial charge is 0.307 e. The van der Waals surface area contributed by atoms with Crippen LogP contribution in [-0.4, -0.2) is 32.5 Å². The van der Waals surface area contributed by atoms with Crippen molar-refractivity contribution in [2.45, 2.75) is 43.3 Å². The highest BCUT2D eigenvalue weighted by molar-refractivity contribution is 5.71. The molecule has 4 heteroatoms. The molecule has 0 heterocycles. The fourth-order valence-corrected chi connectivity index (χ4v) is 4.46. The van der Waals surface area contributed by atoms with Crippen LogP contribution >= 0.6 is 0 Å². The lowest BCUT2D eigenvalue weighted by atomic mass is 9.48. The molecule has 4 bridgehead atoms. The summed E-state index contributed by atoms with van der Waals surface area (Å²) in [5.74, 6) is -1.15. The highest BCUT2D eigenvalue weighted by atomic mass is 16.4. The summed E-state index contributed by atoms with van der Waals surface area (Å²) in [4.78, 5) is 11.1. The second kappa shape index (κ2) is 2.55. The van der Waals surface area contributed by atoms with Gasteiger partial charge in [-0.15, -0.1) is 0 Å². The van der Waals surface area contributed by atoms with E-state index in [4.69, 9.17) is 5.11 Å². The largest absolute Gasteiger partial charge is 0.481 e. The minimum atomic E-state index is -0.785. The first-order valence-corrected chi connectivity index (χ1v) is 5.58. The lowest BCUT2D eigenvalue weighted by Gasteiger charge is -2.60. The van der Waals surface area contributed by atoms with Crippen LogP contribution in [0.1, 0.15) is 32.1 Å². The number of carboxylic acids is 1. The maximum Gasteiger partial charge on any atom is 0.307 e. The number of aliphatic hydroxyl groups is 2. The summed E-state index contributed by atoms with van der Waals surface area (Å²) in [6, 6.07) is 0. The summed E-state index contributed by atoms with van der Waals surface area (Å²) in [5, 5.41) is 29.6. The monoisotopic (exact) mass is 212 g/mol. The Morgan fingerprint density at radius 3 is 1.73 bits per heavy atom. The van der Waals surface area contributed by atoms with Crippen molar-refractivity contribution in [2.75, 3.05) is 0 Å². The van der Waals surface area contributed by atoms with Gasteiger partial charge >= 0.3 is 5.97 Å². The molecular weight excluding hydrogens is 196 g/mol. The minimum absolute atomic E-state index is 0.0289. The first kappa shape index (κ1) is 9.60. The molecule has 4 nitrogen and oxygen atoms in total. The molecule has 0 atom stereocenters. The Hall–Kier alpha value is -0.610. The quantitative estimate of drug-likeness (QED) is 0.587. The van der Waals surface area contributed by atoms with E-state index in [1.54, 1.807) is 0 Å². The maximum absolute atomic E-state index is 11.1. The third-order valence-electron chi connectivity index (χ3n) is 4.53. The van der Waals surface area contributed by atoms with Gasteiger partial charge in [0.25, 0.3) is 0 Å². The van der Waals surface area contributed by atoms with Crippen molar-refractivity contribution in [3.05, 3.63) is 0 Å². The highest BCUT2D eigenvalue weighted by Crippen LogP contribution is 2.59. The lowest BCUT2D eigenvalue weighted by Crippen LogP contribution is -2.63. The topological polar surface area (TPSA) is 77.8 Å². The van der Waals surface area contributed by atoms with Crippen molar-refractivity contribution in [2.24, 2.45) is 17.8 Å². The van der Waals surface area contributed by atoms with E-state index < -0.39 is 17.2 Å². The van der Waals surface area contributed by atoms with E-state index in [2.05, 4.69) is 0 Å². The Balaban J connectivity index is 1.97. The highest BCUT2D eigenvalue weighted by Gasteiger charge is 2.62. The van der Waals surface area contributed by atoms with E-state index in [9.17, 15) is 15.0 Å². The molecular formula is C11H16O4. The molecule has 84 valence electrons. The molecule has 0 saturated heterocycles. The fourth-order valence-electron chi connectivity index (χ4n) is 4.46. The van der Waals surface area contributed by atoms with Crippen molar-refractivity contribution in [3.8, 4) is 0 Å². The molecule has 0 aliphatic heterocycles. The standard InChI is InChI=1S/C11H16O4/c12-9(13)8-6-1-10(14)3-7(8)4-11(15,2-6)5-10/h6-8,14-15H,1-5H2,(H,12,13). The van der Waals surface area contributed by atoms with E-state index in [1.807, 2.05) is 0 Å². The summed E-state index contributed by atoms with van der Waals surface area (Å²) in [6.07, 6.45) is 2.68. The van der Waals surface area contributed by atoms with E-state index in [0.717, 1.165) is 0 Å². The first-order chi connectivity index (χ1) is 6.91. The van der Waals surface area contributed by atoms with Gasteiger partial charge in [0, 0.05) is 6.42 Å². The molecule has 0 aromatic heterocycles. The summed E-state index contributed by atoms with van der Waals surface area (Å²) in [5.41, 5.74) is -1.57. The van der Waals surface area contributed by atoms with Gasteiger partial charge in [-0.05, 0) is 37.5 Å². The van der Waals surface area contributed by atoms with Crippen LogP contribution in [0, 0.1) is 17.8 Å². The van der Waals surface area contributed by atoms with Gasteiger partial charge in [0.15, 0.2) is 0 Å². The van der Waals surface area contributed by atoms with Crippen molar-refractivity contribution < 1.29 is 20.1 Å². The van der Waals surface area contributed by atoms with Gasteiger partial charge in [-0.1, -0.05) is 0 Å². The number of hydrogen-bond acceptors (Lipinski definition) is 3. The van der Waals surface area contributed by atoms with Crippen molar-refractivity contribution >= 4 is 5.97 Å². The Morgan fingerprint density at radius 2 is 1.40 bits per heavy atom. The Kier molecular flexibility index (Phi) is 1.63. The average Bonchev–Trinajstić information content (AvgIpc) is 1.94. The fraction of sp³-hybridized carbons (Fsp3) is 0.909. The molecule has 0 radical (unpaired) electrons. The molecule has 4 aliphatic carbocycles. The van der Waals surface area contributed by atoms with Crippen LogP contribution in [0.25, 0.3) is 0 Å². The van der Waals surface area contributed by atoms with Gasteiger partial charge in [0.05, 0.1) is 17.1 Å². The predicted octanol–water partition coefficient (Wildman–Crippen LogP) is 0.373. The number of carbonyl (C=O) groups is 1. The second-order valence-electron chi connectivity index (χ2n) is 5.83. The molecule has 0 aromatic rings. The van der Waals surface area contributed by atoms with Gasteiger partial charge in [-0.25, -0.2) is 0 Å². The SMILES string of the molecule is O=C(O)C1C2CC3(O)CC1CC(O)(C2)C3. The zero-order valence-corrected chi connectivity index (χ0v) is 8.52. The van der Waals surface area contributed by atoms with E-state index in [-0.39, 0.29) is 17.8 Å². The van der Waals surface area contributed by atoms with Crippen LogP contribution in [0.5, 0.6) is 0 Å². The molecule has 0 aromatic carbocycles.